The number of thiophene rings is 1. The molecular weight excluding hydrogens is 358 g/mol. The molecule has 1 aliphatic rings. The van der Waals surface area contributed by atoms with Gasteiger partial charge in [0.15, 0.2) is 0 Å². The number of pyridine rings is 2. The molecule has 4 rings (SSSR count). The molecule has 1 fully saturated rings. The van der Waals surface area contributed by atoms with Crippen LogP contribution in [0.1, 0.15) is 35.8 Å². The van der Waals surface area contributed by atoms with E-state index in [9.17, 15) is 4.79 Å². The number of nitrogens with zero attached hydrogens (tertiary/aromatic N) is 3. The lowest BCUT2D eigenvalue weighted by atomic mass is 10.1. The van der Waals surface area contributed by atoms with Gasteiger partial charge in [0.25, 0.3) is 5.91 Å². The number of hydrogen-bond acceptors (Lipinski definition) is 6. The van der Waals surface area contributed by atoms with Gasteiger partial charge in [-0.05, 0) is 48.4 Å². The number of nitrogens with one attached hydrogen (secondary N) is 1. The van der Waals surface area contributed by atoms with Crippen molar-refractivity contribution >= 4 is 38.8 Å². The zero-order valence-corrected chi connectivity index (χ0v) is 16.1. The summed E-state index contributed by atoms with van der Waals surface area (Å²) in [4.78, 5) is 23.8. The van der Waals surface area contributed by atoms with Crippen LogP contribution in [0, 0.1) is 0 Å². The fourth-order valence-electron chi connectivity index (χ4n) is 3.51. The van der Waals surface area contributed by atoms with Gasteiger partial charge in [-0.15, -0.1) is 11.3 Å². The molecule has 3 N–H and O–H groups in total. The normalized spacial score (nSPS) is 17.3. The summed E-state index contributed by atoms with van der Waals surface area (Å²) in [6, 6.07) is 5.83. The molecule has 7 heteroatoms. The number of carbonyl (C=O) groups excluding carboxylic acids is 1. The molecule has 0 radical (unpaired) electrons. The molecule has 6 nitrogen and oxygen atoms in total. The Morgan fingerprint density at radius 3 is 3.11 bits per heavy atom. The van der Waals surface area contributed by atoms with Crippen LogP contribution in [0.2, 0.25) is 0 Å². The van der Waals surface area contributed by atoms with E-state index in [0.29, 0.717) is 11.4 Å². The largest absolute Gasteiger partial charge is 0.368 e. The maximum atomic E-state index is 12.8. The van der Waals surface area contributed by atoms with Gasteiger partial charge in [-0.25, -0.2) is 4.98 Å². The van der Waals surface area contributed by atoms with Crippen LogP contribution in [0.5, 0.6) is 0 Å². The highest BCUT2D eigenvalue weighted by Crippen LogP contribution is 2.28. The van der Waals surface area contributed by atoms with Crippen LogP contribution in [0.3, 0.4) is 0 Å². The number of carbonyl (C=O) groups is 1. The highest BCUT2D eigenvalue weighted by molar-refractivity contribution is 7.17. The predicted octanol–water partition coefficient (Wildman–Crippen LogP) is 3.43. The summed E-state index contributed by atoms with van der Waals surface area (Å²) >= 11 is 1.66. The second kappa shape index (κ2) is 7.62. The third kappa shape index (κ3) is 3.65. The van der Waals surface area contributed by atoms with Crippen LogP contribution in [0.15, 0.2) is 36.0 Å². The third-order valence-corrected chi connectivity index (χ3v) is 5.93. The number of rotatable bonds is 4. The number of hydrogen-bond donors (Lipinski definition) is 2. The summed E-state index contributed by atoms with van der Waals surface area (Å²) in [5.41, 5.74) is 10.3. The molecule has 3 aromatic heterocycles. The number of piperidine rings is 1. The first kappa shape index (κ1) is 17.9. The van der Waals surface area contributed by atoms with Gasteiger partial charge in [0, 0.05) is 25.3 Å². The van der Waals surface area contributed by atoms with E-state index < -0.39 is 0 Å². The highest BCUT2D eigenvalue weighted by Gasteiger charge is 2.20. The van der Waals surface area contributed by atoms with E-state index >= 15 is 0 Å². The third-order valence-electron chi connectivity index (χ3n) is 4.95. The van der Waals surface area contributed by atoms with Crippen molar-refractivity contribution in [3.8, 4) is 0 Å². The standard InChI is InChI=1S/C20H23N5OS/c1-2-13-12-27-18-6-5-15(23-19(13)18)20(26)24-16-10-22-8-7-17(16)25-9-3-4-14(21)11-25/h5-8,10,12,14H,2-4,9,11,21H2,1H3,(H,24,26). The maximum Gasteiger partial charge on any atom is 0.274 e. The van der Waals surface area contributed by atoms with E-state index in [0.717, 1.165) is 48.3 Å². The zero-order chi connectivity index (χ0) is 18.8. The first-order valence-electron chi connectivity index (χ1n) is 9.28. The van der Waals surface area contributed by atoms with Crippen molar-refractivity contribution in [2.45, 2.75) is 32.2 Å². The molecule has 140 valence electrons. The molecule has 27 heavy (non-hydrogen) atoms. The Kier molecular flexibility index (Phi) is 5.05. The minimum Gasteiger partial charge on any atom is -0.368 e. The van der Waals surface area contributed by atoms with Crippen LogP contribution in [-0.4, -0.2) is 35.0 Å². The number of amides is 1. The van der Waals surface area contributed by atoms with Crippen molar-refractivity contribution in [2.75, 3.05) is 23.3 Å². The summed E-state index contributed by atoms with van der Waals surface area (Å²) in [6.07, 6.45) is 6.42. The van der Waals surface area contributed by atoms with E-state index in [2.05, 4.69) is 32.5 Å². The first-order chi connectivity index (χ1) is 13.2. The molecule has 0 aliphatic carbocycles. The number of anilines is 2. The van der Waals surface area contributed by atoms with E-state index in [1.165, 1.54) is 5.56 Å². The molecule has 1 amide bonds. The van der Waals surface area contributed by atoms with Gasteiger partial charge in [-0.1, -0.05) is 6.92 Å². The Bertz CT molecular complexity index is 970. The van der Waals surface area contributed by atoms with Crippen molar-refractivity contribution in [1.29, 1.82) is 0 Å². The molecule has 3 aromatic rings. The number of aromatic nitrogens is 2. The zero-order valence-electron chi connectivity index (χ0n) is 15.3. The fourth-order valence-corrected chi connectivity index (χ4v) is 4.50. The first-order valence-corrected chi connectivity index (χ1v) is 10.2. The molecule has 0 bridgehead atoms. The Morgan fingerprint density at radius 2 is 2.30 bits per heavy atom. The molecule has 4 heterocycles. The van der Waals surface area contributed by atoms with Crippen molar-refractivity contribution in [3.05, 3.63) is 47.2 Å². The van der Waals surface area contributed by atoms with E-state index in [-0.39, 0.29) is 11.9 Å². The van der Waals surface area contributed by atoms with Gasteiger partial charge in [0.2, 0.25) is 0 Å². The van der Waals surface area contributed by atoms with Crippen LogP contribution in [0.25, 0.3) is 10.2 Å². The molecule has 1 unspecified atom stereocenters. The van der Waals surface area contributed by atoms with Crippen molar-refractivity contribution in [2.24, 2.45) is 5.73 Å². The van der Waals surface area contributed by atoms with Crippen LogP contribution < -0.4 is 16.0 Å². The number of fused-ring (bicyclic) bond motifs is 1. The van der Waals surface area contributed by atoms with Crippen LogP contribution in [0.4, 0.5) is 11.4 Å². The topological polar surface area (TPSA) is 84.1 Å². The monoisotopic (exact) mass is 381 g/mol. The van der Waals surface area contributed by atoms with Gasteiger partial charge in [-0.2, -0.15) is 0 Å². The fraction of sp³-hybridized carbons (Fsp3) is 0.350. The second-order valence-electron chi connectivity index (χ2n) is 6.85. The molecule has 0 saturated carbocycles. The lowest BCUT2D eigenvalue weighted by Gasteiger charge is -2.33. The molecule has 0 spiro atoms. The van der Waals surface area contributed by atoms with Crippen molar-refractivity contribution in [3.63, 3.8) is 0 Å². The van der Waals surface area contributed by atoms with E-state index in [1.807, 2.05) is 12.1 Å². The summed E-state index contributed by atoms with van der Waals surface area (Å²) in [5.74, 6) is -0.222. The SMILES string of the molecule is CCc1csc2ccc(C(=O)Nc3cnccc3N3CCCC(N)C3)nc12. The average molecular weight is 382 g/mol. The second-order valence-corrected chi connectivity index (χ2v) is 7.76. The summed E-state index contributed by atoms with van der Waals surface area (Å²) in [5, 5.41) is 5.10. The summed E-state index contributed by atoms with van der Waals surface area (Å²) in [7, 11) is 0. The smallest absolute Gasteiger partial charge is 0.274 e. The van der Waals surface area contributed by atoms with Gasteiger partial charge in [0.05, 0.1) is 27.8 Å². The Labute approximate surface area is 162 Å². The molecule has 1 aliphatic heterocycles. The van der Waals surface area contributed by atoms with Crippen molar-refractivity contribution in [1.82, 2.24) is 9.97 Å². The van der Waals surface area contributed by atoms with Gasteiger partial charge >= 0.3 is 0 Å². The van der Waals surface area contributed by atoms with Gasteiger partial charge in [-0.3, -0.25) is 9.78 Å². The molecule has 0 aromatic carbocycles. The molecular formula is C20H23N5OS. The summed E-state index contributed by atoms with van der Waals surface area (Å²) < 4.78 is 1.10. The molecule has 1 saturated heterocycles. The highest BCUT2D eigenvalue weighted by atomic mass is 32.1. The van der Waals surface area contributed by atoms with Gasteiger partial charge < -0.3 is 16.0 Å². The van der Waals surface area contributed by atoms with Crippen LogP contribution >= 0.6 is 11.3 Å². The minimum absolute atomic E-state index is 0.158. The molecule has 1 atom stereocenters. The Hall–Kier alpha value is -2.51. The van der Waals surface area contributed by atoms with E-state index in [4.69, 9.17) is 5.73 Å². The van der Waals surface area contributed by atoms with E-state index in [1.54, 1.807) is 29.8 Å². The number of nitrogens with two attached hydrogens (primary N) is 1. The minimum atomic E-state index is -0.222. The lowest BCUT2D eigenvalue weighted by Crippen LogP contribution is -2.43. The maximum absolute atomic E-state index is 12.8. The number of aryl methyl sites for hydroxylation is 1. The van der Waals surface area contributed by atoms with Crippen molar-refractivity contribution < 1.29 is 4.79 Å². The quantitative estimate of drug-likeness (QED) is 0.723. The Balaban J connectivity index is 1.60. The average Bonchev–Trinajstić information content (AvgIpc) is 3.10. The predicted molar refractivity (Wildman–Crippen MR) is 111 cm³/mol. The summed E-state index contributed by atoms with van der Waals surface area (Å²) in [6.45, 7) is 3.81. The lowest BCUT2D eigenvalue weighted by molar-refractivity contribution is 0.102. The Morgan fingerprint density at radius 1 is 1.41 bits per heavy atom. The van der Waals surface area contributed by atoms with Gasteiger partial charge in [0.1, 0.15) is 5.69 Å². The van der Waals surface area contributed by atoms with Crippen LogP contribution in [-0.2, 0) is 6.42 Å².